The van der Waals surface area contributed by atoms with Crippen molar-refractivity contribution < 1.29 is 18.0 Å². The first kappa shape index (κ1) is 29.6. The van der Waals surface area contributed by atoms with Crippen LogP contribution in [-0.2, 0) is 31.6 Å². The quantitative estimate of drug-likeness (QED) is 0.482. The molecule has 0 radical (unpaired) electrons. The highest BCUT2D eigenvalue weighted by molar-refractivity contribution is 7.92. The molecule has 2 aromatic carbocycles. The summed E-state index contributed by atoms with van der Waals surface area (Å²) in [5.41, 5.74) is 2.11. The van der Waals surface area contributed by atoms with Gasteiger partial charge in [0.1, 0.15) is 12.6 Å². The number of nitrogens with zero attached hydrogens (tertiary/aromatic N) is 2. The smallest absolute Gasteiger partial charge is 0.244 e. The van der Waals surface area contributed by atoms with Crippen LogP contribution in [0.25, 0.3) is 0 Å². The van der Waals surface area contributed by atoms with E-state index in [-0.39, 0.29) is 23.8 Å². The summed E-state index contributed by atoms with van der Waals surface area (Å²) in [5.74, 6) is -0.535. The summed E-state index contributed by atoms with van der Waals surface area (Å²) in [5, 5.41) is 3.42. The minimum atomic E-state index is -3.77. The normalized spacial score (nSPS) is 12.8. The molecule has 2 aromatic rings. The average molecular weight is 536 g/mol. The van der Waals surface area contributed by atoms with Crippen LogP contribution in [0.15, 0.2) is 48.5 Å². The van der Waals surface area contributed by atoms with Gasteiger partial charge in [-0.3, -0.25) is 13.9 Å². The first-order valence-corrected chi connectivity index (χ1v) is 14.2. The number of hydrogen-bond acceptors (Lipinski definition) is 4. The highest BCUT2D eigenvalue weighted by atomic mass is 35.5. The lowest BCUT2D eigenvalue weighted by Crippen LogP contribution is -2.51. The third-order valence-corrected chi connectivity index (χ3v) is 7.21. The number of carbonyl (C=O) groups excluding carboxylic acids is 2. The van der Waals surface area contributed by atoms with Gasteiger partial charge in [0.15, 0.2) is 0 Å². The van der Waals surface area contributed by atoms with E-state index in [9.17, 15) is 18.0 Å². The van der Waals surface area contributed by atoms with E-state index in [2.05, 4.69) is 26.1 Å². The predicted molar refractivity (Wildman–Crippen MR) is 147 cm³/mol. The van der Waals surface area contributed by atoms with Crippen molar-refractivity contribution in [3.63, 3.8) is 0 Å². The van der Waals surface area contributed by atoms with Crippen molar-refractivity contribution >= 4 is 39.1 Å². The Balaban J connectivity index is 2.37. The van der Waals surface area contributed by atoms with Gasteiger partial charge in [-0.15, -0.1) is 0 Å². The fraction of sp³-hybridized carbons (Fsp3) is 0.481. The number of benzene rings is 2. The molecule has 0 saturated heterocycles. The minimum absolute atomic E-state index is 0.0988. The zero-order chi connectivity index (χ0) is 27.3. The molecule has 0 bridgehead atoms. The van der Waals surface area contributed by atoms with Crippen molar-refractivity contribution in [2.45, 2.75) is 59.5 Å². The highest BCUT2D eigenvalue weighted by Crippen LogP contribution is 2.26. The van der Waals surface area contributed by atoms with Crippen molar-refractivity contribution in [3.05, 3.63) is 64.7 Å². The zero-order valence-electron chi connectivity index (χ0n) is 22.2. The summed E-state index contributed by atoms with van der Waals surface area (Å²) >= 11 is 6.00. The average Bonchev–Trinajstić information content (AvgIpc) is 2.78. The van der Waals surface area contributed by atoms with Gasteiger partial charge in [0, 0.05) is 18.1 Å². The number of carbonyl (C=O) groups is 2. The Morgan fingerprint density at radius 3 is 2.00 bits per heavy atom. The number of nitrogens with one attached hydrogen (secondary N) is 1. The molecule has 0 aliphatic heterocycles. The van der Waals surface area contributed by atoms with Gasteiger partial charge in [-0.25, -0.2) is 8.42 Å². The maximum atomic E-state index is 13.6. The molecule has 2 rings (SSSR count). The van der Waals surface area contributed by atoms with Crippen LogP contribution in [0.5, 0.6) is 0 Å². The molecule has 0 saturated carbocycles. The molecule has 0 aliphatic carbocycles. The molecule has 2 amide bonds. The number of sulfonamides is 1. The van der Waals surface area contributed by atoms with Crippen LogP contribution < -0.4 is 9.62 Å². The van der Waals surface area contributed by atoms with Gasteiger partial charge in [0.25, 0.3) is 0 Å². The molecular formula is C27H38ClN3O4S. The number of rotatable bonds is 10. The molecule has 198 valence electrons. The third kappa shape index (κ3) is 8.52. The van der Waals surface area contributed by atoms with Crippen molar-refractivity contribution in [3.8, 4) is 0 Å². The predicted octanol–water partition coefficient (Wildman–Crippen LogP) is 4.59. The number of amides is 2. The maximum absolute atomic E-state index is 13.6. The maximum Gasteiger partial charge on any atom is 0.244 e. The van der Waals surface area contributed by atoms with Crippen LogP contribution in [-0.4, -0.2) is 50.5 Å². The van der Waals surface area contributed by atoms with E-state index >= 15 is 0 Å². The molecular weight excluding hydrogens is 498 g/mol. The summed E-state index contributed by atoms with van der Waals surface area (Å²) in [6, 6.07) is 13.3. The molecule has 0 fully saturated rings. The van der Waals surface area contributed by atoms with Crippen molar-refractivity contribution in [2.75, 3.05) is 23.7 Å². The topological polar surface area (TPSA) is 86.8 Å². The van der Waals surface area contributed by atoms with Crippen LogP contribution in [0.2, 0.25) is 5.02 Å². The van der Waals surface area contributed by atoms with Crippen LogP contribution >= 0.6 is 11.6 Å². The van der Waals surface area contributed by atoms with E-state index in [1.807, 2.05) is 26.0 Å². The van der Waals surface area contributed by atoms with E-state index in [0.29, 0.717) is 17.3 Å². The highest BCUT2D eigenvalue weighted by Gasteiger charge is 2.30. The lowest BCUT2D eigenvalue weighted by molar-refractivity contribution is -0.139. The molecule has 1 N–H and O–H groups in total. The Morgan fingerprint density at radius 2 is 1.53 bits per heavy atom. The van der Waals surface area contributed by atoms with Gasteiger partial charge in [-0.05, 0) is 53.6 Å². The van der Waals surface area contributed by atoms with Crippen LogP contribution in [0, 0.1) is 5.92 Å². The molecule has 0 spiro atoms. The summed E-state index contributed by atoms with van der Waals surface area (Å²) < 4.78 is 26.5. The summed E-state index contributed by atoms with van der Waals surface area (Å²) in [6.07, 6.45) is 1.07. The molecule has 1 atom stereocenters. The first-order valence-electron chi connectivity index (χ1n) is 12.0. The van der Waals surface area contributed by atoms with Gasteiger partial charge in [0.05, 0.1) is 11.9 Å². The van der Waals surface area contributed by atoms with E-state index < -0.39 is 28.5 Å². The number of anilines is 1. The molecule has 9 heteroatoms. The molecule has 0 unspecified atom stereocenters. The van der Waals surface area contributed by atoms with Crippen molar-refractivity contribution in [1.82, 2.24) is 10.2 Å². The Labute approximate surface area is 220 Å². The van der Waals surface area contributed by atoms with Gasteiger partial charge < -0.3 is 10.2 Å². The molecule has 7 nitrogen and oxygen atoms in total. The molecule has 0 aromatic heterocycles. The first-order chi connectivity index (χ1) is 16.6. The minimum Gasteiger partial charge on any atom is -0.354 e. The van der Waals surface area contributed by atoms with Gasteiger partial charge in [0.2, 0.25) is 21.8 Å². The second kappa shape index (κ2) is 12.1. The van der Waals surface area contributed by atoms with Crippen molar-refractivity contribution in [1.29, 1.82) is 0 Å². The number of halogens is 1. The van der Waals surface area contributed by atoms with E-state index in [1.54, 1.807) is 43.3 Å². The number of hydrogen-bond donors (Lipinski definition) is 1. The fourth-order valence-corrected chi connectivity index (χ4v) is 4.54. The summed E-state index contributed by atoms with van der Waals surface area (Å²) in [6.45, 7) is 12.0. The van der Waals surface area contributed by atoms with E-state index in [0.717, 1.165) is 21.7 Å². The monoisotopic (exact) mass is 535 g/mol. The van der Waals surface area contributed by atoms with Gasteiger partial charge in [-0.1, -0.05) is 70.5 Å². The second-order valence-corrected chi connectivity index (χ2v) is 12.9. The van der Waals surface area contributed by atoms with Crippen LogP contribution in [0.3, 0.4) is 0 Å². The van der Waals surface area contributed by atoms with E-state index in [1.165, 1.54) is 4.90 Å². The Morgan fingerprint density at radius 1 is 0.972 bits per heavy atom. The lowest BCUT2D eigenvalue weighted by atomic mass is 9.87. The molecule has 36 heavy (non-hydrogen) atoms. The fourth-order valence-electron chi connectivity index (χ4n) is 3.56. The lowest BCUT2D eigenvalue weighted by Gasteiger charge is -2.32. The SMILES string of the molecule is CC(C)CNC(=O)[C@@H](C)N(Cc1ccc(Cl)cc1)C(=O)CN(c1ccc(C(C)(C)C)cc1)S(C)(=O)=O. The standard InChI is InChI=1S/C27H38ClN3O4S/c1-19(2)16-29-26(33)20(3)30(17-21-8-12-23(28)13-9-21)25(32)18-31(36(7,34)35)24-14-10-22(11-15-24)27(4,5)6/h8-15,19-20H,16-18H2,1-7H3,(H,29,33)/t20-/m1/s1. The Hall–Kier alpha value is -2.58. The van der Waals surface area contributed by atoms with Crippen LogP contribution in [0.4, 0.5) is 5.69 Å². The molecule has 0 aliphatic rings. The van der Waals surface area contributed by atoms with Crippen LogP contribution in [0.1, 0.15) is 52.7 Å². The Kier molecular flexibility index (Phi) is 9.97. The zero-order valence-corrected chi connectivity index (χ0v) is 23.8. The second-order valence-electron chi connectivity index (χ2n) is 10.5. The Bertz CT molecular complexity index is 1140. The van der Waals surface area contributed by atoms with Crippen molar-refractivity contribution in [2.24, 2.45) is 5.92 Å². The third-order valence-electron chi connectivity index (χ3n) is 5.82. The summed E-state index contributed by atoms with van der Waals surface area (Å²) in [4.78, 5) is 27.8. The van der Waals surface area contributed by atoms with Gasteiger partial charge in [-0.2, -0.15) is 0 Å². The van der Waals surface area contributed by atoms with E-state index in [4.69, 9.17) is 11.6 Å². The van der Waals surface area contributed by atoms with Gasteiger partial charge >= 0.3 is 0 Å². The molecule has 0 heterocycles. The largest absolute Gasteiger partial charge is 0.354 e. The summed E-state index contributed by atoms with van der Waals surface area (Å²) in [7, 11) is -3.77.